The molecule has 0 aliphatic carbocycles. The van der Waals surface area contributed by atoms with Crippen LogP contribution in [0.1, 0.15) is 38.2 Å². The third-order valence-electron chi connectivity index (χ3n) is 5.03. The summed E-state index contributed by atoms with van der Waals surface area (Å²) in [5, 5.41) is 8.78. The molecule has 0 spiro atoms. The molecule has 6 nitrogen and oxygen atoms in total. The number of amides is 1. The highest BCUT2D eigenvalue weighted by molar-refractivity contribution is 5.77. The van der Waals surface area contributed by atoms with Crippen molar-refractivity contribution in [3.63, 3.8) is 0 Å². The maximum atomic E-state index is 12.0. The van der Waals surface area contributed by atoms with Gasteiger partial charge in [-0.05, 0) is 50.6 Å². The highest BCUT2D eigenvalue weighted by Gasteiger charge is 2.33. The van der Waals surface area contributed by atoms with Crippen molar-refractivity contribution in [3.8, 4) is 5.75 Å². The fourth-order valence-electron chi connectivity index (χ4n) is 3.58. The number of aliphatic carboxylic acids is 1. The van der Waals surface area contributed by atoms with Crippen LogP contribution in [-0.2, 0) is 10.2 Å². The van der Waals surface area contributed by atoms with Gasteiger partial charge < -0.3 is 14.7 Å². The molecule has 1 N–H and O–H groups in total. The summed E-state index contributed by atoms with van der Waals surface area (Å²) in [6.45, 7) is 3.91. The molecule has 1 aliphatic heterocycles. The lowest BCUT2D eigenvalue weighted by Crippen LogP contribution is -2.37. The van der Waals surface area contributed by atoms with E-state index in [2.05, 4.69) is 24.9 Å². The van der Waals surface area contributed by atoms with Crippen molar-refractivity contribution in [3.05, 3.63) is 29.8 Å². The van der Waals surface area contributed by atoms with Crippen molar-refractivity contribution in [2.75, 3.05) is 33.7 Å². The van der Waals surface area contributed by atoms with Crippen LogP contribution >= 0.6 is 0 Å². The number of rotatable bonds is 5. The van der Waals surface area contributed by atoms with E-state index in [0.717, 1.165) is 30.8 Å². The van der Waals surface area contributed by atoms with Crippen molar-refractivity contribution < 1.29 is 19.4 Å². The summed E-state index contributed by atoms with van der Waals surface area (Å²) in [4.78, 5) is 26.2. The lowest BCUT2D eigenvalue weighted by molar-refractivity contribution is -0.137. The normalized spacial score (nSPS) is 21.4. The van der Waals surface area contributed by atoms with Gasteiger partial charge in [0.1, 0.15) is 12.3 Å². The SMILES string of the molecule is CCC1(c2cccc(OC(=O)N(C)CC(=O)O)c2)CCCCN(C)C1. The molecule has 1 unspecified atom stereocenters. The summed E-state index contributed by atoms with van der Waals surface area (Å²) in [5.41, 5.74) is 1.23. The molecule has 0 bridgehead atoms. The minimum Gasteiger partial charge on any atom is -0.480 e. The number of carbonyl (C=O) groups is 2. The number of nitrogens with zero attached hydrogens (tertiary/aromatic N) is 2. The summed E-state index contributed by atoms with van der Waals surface area (Å²) in [7, 11) is 3.56. The Bertz CT molecular complexity index is 619. The molecule has 138 valence electrons. The predicted octanol–water partition coefficient (Wildman–Crippen LogP) is 2.97. The highest BCUT2D eigenvalue weighted by atomic mass is 16.6. The number of carboxylic acid groups (broad SMARTS) is 1. The van der Waals surface area contributed by atoms with Gasteiger partial charge in [0.05, 0.1) is 0 Å². The van der Waals surface area contributed by atoms with Crippen molar-refractivity contribution in [2.45, 2.75) is 38.0 Å². The van der Waals surface area contributed by atoms with Gasteiger partial charge in [-0.1, -0.05) is 25.5 Å². The number of benzene rings is 1. The van der Waals surface area contributed by atoms with E-state index in [-0.39, 0.29) is 12.0 Å². The molecule has 1 aromatic carbocycles. The third-order valence-corrected chi connectivity index (χ3v) is 5.03. The van der Waals surface area contributed by atoms with Gasteiger partial charge in [0.15, 0.2) is 0 Å². The van der Waals surface area contributed by atoms with E-state index >= 15 is 0 Å². The molecule has 1 aliphatic rings. The third kappa shape index (κ3) is 4.95. The Morgan fingerprint density at radius 2 is 2.12 bits per heavy atom. The molecule has 0 saturated carbocycles. The monoisotopic (exact) mass is 348 g/mol. The Kier molecular flexibility index (Phi) is 6.42. The smallest absolute Gasteiger partial charge is 0.415 e. The molecule has 1 atom stereocenters. The van der Waals surface area contributed by atoms with E-state index in [4.69, 9.17) is 9.84 Å². The Labute approximate surface area is 149 Å². The Hall–Kier alpha value is -2.08. The fraction of sp³-hybridized carbons (Fsp3) is 0.579. The van der Waals surface area contributed by atoms with Crippen LogP contribution in [0.2, 0.25) is 0 Å². The van der Waals surface area contributed by atoms with E-state index < -0.39 is 12.1 Å². The first-order chi connectivity index (χ1) is 11.9. The van der Waals surface area contributed by atoms with Gasteiger partial charge in [0.2, 0.25) is 0 Å². The Balaban J connectivity index is 2.19. The molecule has 1 amide bonds. The first-order valence-corrected chi connectivity index (χ1v) is 8.80. The molecule has 0 radical (unpaired) electrons. The molecule has 1 saturated heterocycles. The fourth-order valence-corrected chi connectivity index (χ4v) is 3.58. The van der Waals surface area contributed by atoms with E-state index in [1.54, 1.807) is 6.07 Å². The molecule has 25 heavy (non-hydrogen) atoms. The van der Waals surface area contributed by atoms with Crippen LogP contribution < -0.4 is 4.74 Å². The number of hydrogen-bond donors (Lipinski definition) is 1. The minimum atomic E-state index is -1.07. The number of carboxylic acids is 1. The summed E-state index contributed by atoms with van der Waals surface area (Å²) >= 11 is 0. The van der Waals surface area contributed by atoms with Crippen molar-refractivity contribution in [2.24, 2.45) is 0 Å². The number of ether oxygens (including phenoxy) is 1. The standard InChI is InChI=1S/C19H28N2O4/c1-4-19(10-5-6-11-20(2)14-19)15-8-7-9-16(12-15)25-18(24)21(3)13-17(22)23/h7-9,12H,4-6,10-11,13-14H2,1-3H3,(H,22,23). The Morgan fingerprint density at radius 1 is 1.36 bits per heavy atom. The second kappa shape index (κ2) is 8.34. The predicted molar refractivity (Wildman–Crippen MR) is 96.0 cm³/mol. The summed E-state index contributed by atoms with van der Waals surface area (Å²) in [6.07, 6.45) is 3.86. The maximum absolute atomic E-state index is 12.0. The number of carbonyl (C=O) groups excluding carboxylic acids is 1. The lowest BCUT2D eigenvalue weighted by atomic mass is 9.74. The average molecular weight is 348 g/mol. The molecule has 1 fully saturated rings. The number of likely N-dealkylation sites (N-methyl/N-ethyl adjacent to an activating group) is 2. The average Bonchev–Trinajstić information content (AvgIpc) is 2.76. The van der Waals surface area contributed by atoms with Crippen molar-refractivity contribution in [1.29, 1.82) is 0 Å². The van der Waals surface area contributed by atoms with Crippen LogP contribution in [0.15, 0.2) is 24.3 Å². The molecule has 6 heteroatoms. The molecule has 2 rings (SSSR count). The molecule has 0 aromatic heterocycles. The van der Waals surface area contributed by atoms with Crippen molar-refractivity contribution in [1.82, 2.24) is 9.80 Å². The van der Waals surface area contributed by atoms with Crippen LogP contribution in [0.4, 0.5) is 4.79 Å². The van der Waals surface area contributed by atoms with Gasteiger partial charge in [-0.15, -0.1) is 0 Å². The van der Waals surface area contributed by atoms with Gasteiger partial charge >= 0.3 is 12.1 Å². The first-order valence-electron chi connectivity index (χ1n) is 8.80. The second-order valence-electron chi connectivity index (χ2n) is 6.97. The summed E-state index contributed by atoms with van der Waals surface area (Å²) in [6, 6.07) is 7.66. The van der Waals surface area contributed by atoms with Gasteiger partial charge in [-0.3, -0.25) is 9.69 Å². The van der Waals surface area contributed by atoms with E-state index in [1.807, 2.05) is 12.1 Å². The largest absolute Gasteiger partial charge is 0.480 e. The van der Waals surface area contributed by atoms with Gasteiger partial charge in [-0.2, -0.15) is 0 Å². The van der Waals surface area contributed by atoms with E-state index in [0.29, 0.717) is 5.75 Å². The number of likely N-dealkylation sites (tertiary alicyclic amines) is 1. The van der Waals surface area contributed by atoms with Crippen LogP contribution in [-0.4, -0.2) is 60.7 Å². The van der Waals surface area contributed by atoms with Crippen LogP contribution in [0.5, 0.6) is 5.75 Å². The summed E-state index contributed by atoms with van der Waals surface area (Å²) < 4.78 is 5.37. The topological polar surface area (TPSA) is 70.1 Å². The molecular formula is C19H28N2O4. The zero-order valence-electron chi connectivity index (χ0n) is 15.3. The van der Waals surface area contributed by atoms with Crippen molar-refractivity contribution >= 4 is 12.1 Å². The van der Waals surface area contributed by atoms with Crippen LogP contribution in [0, 0.1) is 0 Å². The minimum absolute atomic E-state index is 0.0562. The maximum Gasteiger partial charge on any atom is 0.415 e. The van der Waals surface area contributed by atoms with Crippen LogP contribution in [0.25, 0.3) is 0 Å². The van der Waals surface area contributed by atoms with Gasteiger partial charge in [0, 0.05) is 19.0 Å². The molecule has 1 aromatic rings. The van der Waals surface area contributed by atoms with Crippen LogP contribution in [0.3, 0.4) is 0 Å². The number of hydrogen-bond acceptors (Lipinski definition) is 4. The van der Waals surface area contributed by atoms with E-state index in [9.17, 15) is 9.59 Å². The van der Waals surface area contributed by atoms with Gasteiger partial charge in [-0.25, -0.2) is 4.79 Å². The first kappa shape index (κ1) is 19.2. The molecular weight excluding hydrogens is 320 g/mol. The zero-order chi connectivity index (χ0) is 18.4. The quantitative estimate of drug-likeness (QED) is 0.886. The second-order valence-corrected chi connectivity index (χ2v) is 6.97. The van der Waals surface area contributed by atoms with Gasteiger partial charge in [0.25, 0.3) is 0 Å². The summed E-state index contributed by atoms with van der Waals surface area (Å²) in [5.74, 6) is -0.612. The highest BCUT2D eigenvalue weighted by Crippen LogP contribution is 2.37. The lowest BCUT2D eigenvalue weighted by Gasteiger charge is -2.35. The molecule has 1 heterocycles. The zero-order valence-corrected chi connectivity index (χ0v) is 15.3. The van der Waals surface area contributed by atoms with E-state index in [1.165, 1.54) is 25.5 Å². The Morgan fingerprint density at radius 3 is 2.80 bits per heavy atom.